The van der Waals surface area contributed by atoms with E-state index < -0.39 is 0 Å². The number of para-hydroxylation sites is 2. The Bertz CT molecular complexity index is 3490. The monoisotopic (exact) mass is 794 g/mol. The maximum Gasteiger partial charge on any atom is 0.164 e. The lowest BCUT2D eigenvalue weighted by Crippen LogP contribution is -2.01. The molecule has 62 heavy (non-hydrogen) atoms. The smallest absolute Gasteiger partial charge is 0.164 e. The molecule has 0 aliphatic rings. The van der Waals surface area contributed by atoms with Crippen LogP contribution in [-0.2, 0) is 0 Å². The van der Waals surface area contributed by atoms with Crippen molar-refractivity contribution in [3.63, 3.8) is 0 Å². The minimum atomic E-state index is 0.584. The van der Waals surface area contributed by atoms with E-state index in [4.69, 9.17) is 29.3 Å². The number of furan rings is 1. The Hall–Kier alpha value is -8.55. The Kier molecular flexibility index (Phi) is 8.35. The van der Waals surface area contributed by atoms with Crippen molar-refractivity contribution in [2.75, 3.05) is 0 Å². The number of rotatable bonds is 7. The summed E-state index contributed by atoms with van der Waals surface area (Å²) < 4.78 is 9.16. The molecule has 8 aromatic carbocycles. The molecule has 12 rings (SSSR count). The normalized spacial score (nSPS) is 11.5. The number of nitrogens with zero attached hydrogens (tertiary/aromatic N) is 6. The summed E-state index contributed by atoms with van der Waals surface area (Å²) >= 11 is 0. The molecule has 0 radical (unpaired) electrons. The van der Waals surface area contributed by atoms with E-state index >= 15 is 0 Å². The molecule has 290 valence electrons. The minimum Gasteiger partial charge on any atom is -0.454 e. The first-order chi connectivity index (χ1) is 30.7. The molecule has 0 unspecified atom stereocenters. The van der Waals surface area contributed by atoms with E-state index in [0.717, 1.165) is 94.2 Å². The molecule has 0 saturated heterocycles. The molecule has 4 aromatic heterocycles. The van der Waals surface area contributed by atoms with E-state index in [1.165, 1.54) is 0 Å². The van der Waals surface area contributed by atoms with Crippen LogP contribution in [0.1, 0.15) is 0 Å². The third-order valence-corrected chi connectivity index (χ3v) is 11.5. The summed E-state index contributed by atoms with van der Waals surface area (Å²) in [5.41, 5.74) is 12.0. The summed E-state index contributed by atoms with van der Waals surface area (Å²) in [6.45, 7) is 0. The Morgan fingerprint density at radius 1 is 0.355 bits per heavy atom. The SMILES string of the molecule is c1ccc(-c2cc(-c3ccc(-n4c5ccccc5c5c(-c6nc(-c7ccccc7)nc(-c7ccccc7)n6)cc6c7ccccc7oc6c54)cc3)nc(-c3ccccc3)n2)cc1. The molecule has 7 heteroatoms. The van der Waals surface area contributed by atoms with Crippen LogP contribution in [0.25, 0.3) is 117 Å². The molecule has 4 heterocycles. The van der Waals surface area contributed by atoms with Gasteiger partial charge in [-0.2, -0.15) is 0 Å². The number of hydrogen-bond acceptors (Lipinski definition) is 6. The second-order valence-electron chi connectivity index (χ2n) is 15.3. The van der Waals surface area contributed by atoms with Crippen LogP contribution in [-0.4, -0.2) is 29.5 Å². The van der Waals surface area contributed by atoms with Gasteiger partial charge >= 0.3 is 0 Å². The van der Waals surface area contributed by atoms with Crippen LogP contribution in [0.3, 0.4) is 0 Å². The summed E-state index contributed by atoms with van der Waals surface area (Å²) in [4.78, 5) is 25.6. The molecular formula is C55H34N6O. The first-order valence-corrected chi connectivity index (χ1v) is 20.6. The average Bonchev–Trinajstić information content (AvgIpc) is 3.91. The highest BCUT2D eigenvalue weighted by molar-refractivity contribution is 6.26. The molecule has 0 aliphatic heterocycles. The van der Waals surface area contributed by atoms with E-state index in [1.807, 2.05) is 121 Å². The Morgan fingerprint density at radius 2 is 0.823 bits per heavy atom. The maximum absolute atomic E-state index is 6.85. The highest BCUT2D eigenvalue weighted by atomic mass is 16.3. The lowest BCUT2D eigenvalue weighted by atomic mass is 10.0. The van der Waals surface area contributed by atoms with Gasteiger partial charge in [-0.25, -0.2) is 24.9 Å². The fraction of sp³-hybridized carbons (Fsp3) is 0. The van der Waals surface area contributed by atoms with Gasteiger partial charge in [-0.3, -0.25) is 0 Å². The van der Waals surface area contributed by atoms with Gasteiger partial charge < -0.3 is 8.98 Å². The van der Waals surface area contributed by atoms with Gasteiger partial charge in [0, 0.05) is 60.6 Å². The summed E-state index contributed by atoms with van der Waals surface area (Å²) in [7, 11) is 0. The summed E-state index contributed by atoms with van der Waals surface area (Å²) in [5, 5.41) is 4.05. The fourth-order valence-electron chi connectivity index (χ4n) is 8.55. The van der Waals surface area contributed by atoms with Crippen molar-refractivity contribution in [3.8, 4) is 73.8 Å². The molecule has 0 aliphatic carbocycles. The van der Waals surface area contributed by atoms with Crippen LogP contribution in [0.5, 0.6) is 0 Å². The molecule has 0 saturated carbocycles. The first-order valence-electron chi connectivity index (χ1n) is 20.6. The van der Waals surface area contributed by atoms with Gasteiger partial charge in [0.25, 0.3) is 0 Å². The Balaban J connectivity index is 1.10. The number of hydrogen-bond donors (Lipinski definition) is 0. The fourth-order valence-corrected chi connectivity index (χ4v) is 8.55. The van der Waals surface area contributed by atoms with E-state index in [9.17, 15) is 0 Å². The third kappa shape index (κ3) is 6.02. The molecule has 0 spiro atoms. The summed E-state index contributed by atoms with van der Waals surface area (Å²) in [5.74, 6) is 2.47. The maximum atomic E-state index is 6.85. The zero-order chi connectivity index (χ0) is 41.0. The molecule has 0 amide bonds. The van der Waals surface area contributed by atoms with Crippen molar-refractivity contribution in [1.82, 2.24) is 29.5 Å². The molecule has 0 fully saturated rings. The summed E-state index contributed by atoms with van der Waals surface area (Å²) in [6, 6.07) is 70.2. The van der Waals surface area contributed by atoms with Crippen molar-refractivity contribution in [1.29, 1.82) is 0 Å². The van der Waals surface area contributed by atoms with Crippen LogP contribution in [0.2, 0.25) is 0 Å². The second-order valence-corrected chi connectivity index (χ2v) is 15.3. The molecule has 12 aromatic rings. The Labute approximate surface area is 356 Å². The largest absolute Gasteiger partial charge is 0.454 e. The average molecular weight is 795 g/mol. The molecular weight excluding hydrogens is 761 g/mol. The van der Waals surface area contributed by atoms with E-state index in [1.54, 1.807) is 0 Å². The summed E-state index contributed by atoms with van der Waals surface area (Å²) in [6.07, 6.45) is 0. The van der Waals surface area contributed by atoms with Crippen LogP contribution in [0.15, 0.2) is 211 Å². The standard InChI is InChI=1S/C55H34N6O/c1-5-17-35(18-6-1)45-34-46(57-52(56-45)37-19-7-2-8-20-37)36-29-31-40(32-30-36)61-47-27-15-13-26-42(47)49-44(33-43-41-25-14-16-28-48(41)62-51(43)50(49)61)55-59-53(38-21-9-3-10-22-38)58-54(60-55)39-23-11-4-12-24-39/h1-34H. The van der Waals surface area contributed by atoms with Gasteiger partial charge in [0.2, 0.25) is 0 Å². The van der Waals surface area contributed by atoms with Gasteiger partial charge in [-0.15, -0.1) is 0 Å². The van der Waals surface area contributed by atoms with E-state index in [2.05, 4.69) is 89.5 Å². The van der Waals surface area contributed by atoms with Crippen molar-refractivity contribution >= 4 is 43.7 Å². The first kappa shape index (κ1) is 35.4. The number of benzene rings is 8. The van der Waals surface area contributed by atoms with E-state index in [-0.39, 0.29) is 0 Å². The van der Waals surface area contributed by atoms with Crippen molar-refractivity contribution < 1.29 is 4.42 Å². The molecule has 0 bridgehead atoms. The van der Waals surface area contributed by atoms with Crippen molar-refractivity contribution in [3.05, 3.63) is 206 Å². The van der Waals surface area contributed by atoms with Crippen molar-refractivity contribution in [2.24, 2.45) is 0 Å². The minimum absolute atomic E-state index is 0.584. The second kappa shape index (κ2) is 14.6. The van der Waals surface area contributed by atoms with Gasteiger partial charge in [0.05, 0.1) is 22.4 Å². The van der Waals surface area contributed by atoms with Crippen LogP contribution >= 0.6 is 0 Å². The number of fused-ring (bicyclic) bond motifs is 7. The van der Waals surface area contributed by atoms with E-state index in [0.29, 0.717) is 23.3 Å². The lowest BCUT2D eigenvalue weighted by molar-refractivity contribution is 0.671. The van der Waals surface area contributed by atoms with Gasteiger partial charge in [-0.05, 0) is 36.4 Å². The Morgan fingerprint density at radius 3 is 1.42 bits per heavy atom. The topological polar surface area (TPSA) is 82.5 Å². The molecule has 0 atom stereocenters. The molecule has 7 nitrogen and oxygen atoms in total. The quantitative estimate of drug-likeness (QED) is 0.160. The highest BCUT2D eigenvalue weighted by Gasteiger charge is 2.25. The predicted octanol–water partition coefficient (Wildman–Crippen LogP) is 13.7. The lowest BCUT2D eigenvalue weighted by Gasteiger charge is -2.12. The van der Waals surface area contributed by atoms with Crippen molar-refractivity contribution in [2.45, 2.75) is 0 Å². The number of aromatic nitrogens is 6. The van der Waals surface area contributed by atoms with Crippen LogP contribution in [0, 0.1) is 0 Å². The zero-order valence-electron chi connectivity index (χ0n) is 33.2. The third-order valence-electron chi connectivity index (χ3n) is 11.5. The molecule has 0 N–H and O–H groups in total. The van der Waals surface area contributed by atoms with Gasteiger partial charge in [0.15, 0.2) is 28.9 Å². The predicted molar refractivity (Wildman–Crippen MR) is 250 cm³/mol. The van der Waals surface area contributed by atoms with Crippen LogP contribution in [0.4, 0.5) is 0 Å². The highest BCUT2D eigenvalue weighted by Crippen LogP contribution is 2.45. The van der Waals surface area contributed by atoms with Gasteiger partial charge in [0.1, 0.15) is 5.58 Å². The van der Waals surface area contributed by atoms with Gasteiger partial charge in [-0.1, -0.05) is 170 Å². The zero-order valence-corrected chi connectivity index (χ0v) is 33.2. The van der Waals surface area contributed by atoms with Crippen LogP contribution < -0.4 is 0 Å².